The summed E-state index contributed by atoms with van der Waals surface area (Å²) in [6.45, 7) is 20.3. The first-order chi connectivity index (χ1) is 12.4. The number of thioether (sulfide) groups is 4. The van der Waals surface area contributed by atoms with Gasteiger partial charge in [-0.05, 0) is 0 Å². The zero-order valence-electron chi connectivity index (χ0n) is 15.5. The quantitative estimate of drug-likeness (QED) is 0.154. The van der Waals surface area contributed by atoms with Crippen LogP contribution in [0.4, 0.5) is 0 Å². The van der Waals surface area contributed by atoms with Crippen LogP contribution in [-0.4, -0.2) is 57.8 Å². The molecule has 0 amide bonds. The minimum atomic E-state index is 0.541. The lowest BCUT2D eigenvalue weighted by Crippen LogP contribution is -1.98. The van der Waals surface area contributed by atoms with Crippen molar-refractivity contribution in [2.75, 3.05) is 57.8 Å². The van der Waals surface area contributed by atoms with E-state index in [1.54, 1.807) is 0 Å². The highest BCUT2D eigenvalue weighted by Crippen LogP contribution is 2.20. The van der Waals surface area contributed by atoms with Crippen molar-refractivity contribution in [2.24, 2.45) is 0 Å². The summed E-state index contributed by atoms with van der Waals surface area (Å²) in [6.07, 6.45) is 0. The minimum Gasteiger partial charge on any atom is -0.153 e. The van der Waals surface area contributed by atoms with Crippen LogP contribution in [0.5, 0.6) is 0 Å². The zero-order valence-corrected chi connectivity index (χ0v) is 20.3. The second-order valence-electron chi connectivity index (χ2n) is 5.99. The van der Waals surface area contributed by atoms with E-state index in [4.69, 9.17) is 23.2 Å². The van der Waals surface area contributed by atoms with E-state index in [-0.39, 0.29) is 0 Å². The molecular formula is C20H30Cl2S4. The Bertz CT molecular complexity index is 444. The molecule has 0 saturated heterocycles. The number of alkyl halides is 2. The lowest BCUT2D eigenvalue weighted by Gasteiger charge is -2.09. The van der Waals surface area contributed by atoms with E-state index in [1.165, 1.54) is 16.7 Å². The Morgan fingerprint density at radius 1 is 0.423 bits per heavy atom. The van der Waals surface area contributed by atoms with E-state index in [0.717, 1.165) is 57.2 Å². The van der Waals surface area contributed by atoms with Crippen molar-refractivity contribution in [1.82, 2.24) is 0 Å². The Labute approximate surface area is 187 Å². The van der Waals surface area contributed by atoms with Crippen molar-refractivity contribution in [3.63, 3.8) is 0 Å². The van der Waals surface area contributed by atoms with Crippen LogP contribution in [0.15, 0.2) is 60.8 Å². The predicted molar refractivity (Wildman–Crippen MR) is 136 cm³/mol. The second-order valence-corrected chi connectivity index (χ2v) is 10.5. The molecule has 0 saturated carbocycles. The van der Waals surface area contributed by atoms with Gasteiger partial charge in [-0.15, -0.1) is 23.2 Å². The third-order valence-corrected chi connectivity index (χ3v) is 8.48. The molecule has 0 aromatic heterocycles. The normalized spacial score (nSPS) is 10.5. The summed E-state index contributed by atoms with van der Waals surface area (Å²) >= 11 is 18.9. The predicted octanol–water partition coefficient (Wildman–Crippen LogP) is 7.18. The zero-order chi connectivity index (χ0) is 19.8. The third-order valence-electron chi connectivity index (χ3n) is 2.83. The molecule has 0 N–H and O–H groups in total. The molecule has 0 atom stereocenters. The van der Waals surface area contributed by atoms with Crippen LogP contribution in [0.2, 0.25) is 0 Å². The number of rotatable bonds is 18. The van der Waals surface area contributed by atoms with Crippen LogP contribution >= 0.6 is 70.2 Å². The molecule has 0 aliphatic rings. The Morgan fingerprint density at radius 2 is 0.615 bits per heavy atom. The molecule has 0 spiro atoms. The molecule has 26 heavy (non-hydrogen) atoms. The second kappa shape index (κ2) is 17.8. The number of halogens is 2. The van der Waals surface area contributed by atoms with Crippen molar-refractivity contribution >= 4 is 70.2 Å². The first-order valence-corrected chi connectivity index (χ1v) is 13.8. The van der Waals surface area contributed by atoms with Crippen LogP contribution in [0.1, 0.15) is 0 Å². The maximum atomic E-state index is 5.72. The topological polar surface area (TPSA) is 0 Å². The fourth-order valence-electron chi connectivity index (χ4n) is 1.56. The molecule has 0 aliphatic carbocycles. The van der Waals surface area contributed by atoms with Gasteiger partial charge in [0, 0.05) is 57.8 Å². The smallest absolute Gasteiger partial charge is 0.0439 e. The van der Waals surface area contributed by atoms with Gasteiger partial charge in [0.05, 0.1) is 0 Å². The molecule has 0 aliphatic heterocycles. The Hall–Kier alpha value is 0.680. The van der Waals surface area contributed by atoms with Gasteiger partial charge >= 0.3 is 0 Å². The van der Waals surface area contributed by atoms with E-state index >= 15 is 0 Å². The summed E-state index contributed by atoms with van der Waals surface area (Å²) in [5, 5.41) is 0. The van der Waals surface area contributed by atoms with Gasteiger partial charge < -0.3 is 0 Å². The molecule has 0 fully saturated rings. The molecule has 148 valence electrons. The van der Waals surface area contributed by atoms with Crippen LogP contribution < -0.4 is 0 Å². The highest BCUT2D eigenvalue weighted by molar-refractivity contribution is 8.01. The molecule has 0 aromatic rings. The average Bonchev–Trinajstić information content (AvgIpc) is 2.61. The highest BCUT2D eigenvalue weighted by Gasteiger charge is 2.02. The van der Waals surface area contributed by atoms with Gasteiger partial charge in [-0.3, -0.25) is 0 Å². The fourth-order valence-corrected chi connectivity index (χ4v) is 5.90. The average molecular weight is 470 g/mol. The minimum absolute atomic E-state index is 0.541. The molecule has 0 heterocycles. The lowest BCUT2D eigenvalue weighted by molar-refractivity contribution is 1.39. The van der Waals surface area contributed by atoms with E-state index in [2.05, 4.69) is 32.9 Å². The molecule has 0 unspecified atom stereocenters. The van der Waals surface area contributed by atoms with E-state index in [0.29, 0.717) is 11.8 Å². The Balaban J connectivity index is 3.62. The largest absolute Gasteiger partial charge is 0.153 e. The van der Waals surface area contributed by atoms with Gasteiger partial charge in [0.2, 0.25) is 0 Å². The third kappa shape index (κ3) is 16.8. The molecule has 6 heteroatoms. The monoisotopic (exact) mass is 468 g/mol. The summed E-state index contributed by atoms with van der Waals surface area (Å²) in [6, 6.07) is 0. The van der Waals surface area contributed by atoms with Crippen molar-refractivity contribution in [3.05, 3.63) is 60.8 Å². The van der Waals surface area contributed by atoms with E-state index in [9.17, 15) is 0 Å². The molecule has 0 rings (SSSR count). The van der Waals surface area contributed by atoms with Gasteiger partial charge in [-0.1, -0.05) is 60.8 Å². The van der Waals surface area contributed by atoms with E-state index in [1.807, 2.05) is 47.0 Å². The summed E-state index contributed by atoms with van der Waals surface area (Å²) in [4.78, 5) is 0. The maximum Gasteiger partial charge on any atom is 0.0439 e. The highest BCUT2D eigenvalue weighted by atomic mass is 35.5. The van der Waals surface area contributed by atoms with Gasteiger partial charge in [-0.25, -0.2) is 0 Å². The summed E-state index contributed by atoms with van der Waals surface area (Å²) in [5.74, 6) is 8.80. The molecule has 0 nitrogen and oxygen atoms in total. The summed E-state index contributed by atoms with van der Waals surface area (Å²) in [5.41, 5.74) is 5.93. The summed E-state index contributed by atoms with van der Waals surface area (Å²) in [7, 11) is 0. The number of hydrogen-bond donors (Lipinski definition) is 0. The molecular weight excluding hydrogens is 439 g/mol. The number of hydrogen-bond acceptors (Lipinski definition) is 4. The molecule has 0 radical (unpaired) electrons. The van der Waals surface area contributed by atoms with Crippen molar-refractivity contribution in [1.29, 1.82) is 0 Å². The standard InChI is InChI=1S/C20H30Cl2S4/c1-16(6-21)8-23-10-18(3)12-25-14-20(5)15-26-13-19(4)11-24-9-17(2)7-22/h1-15H2. The van der Waals surface area contributed by atoms with Gasteiger partial charge in [0.15, 0.2) is 0 Å². The van der Waals surface area contributed by atoms with Crippen molar-refractivity contribution < 1.29 is 0 Å². The van der Waals surface area contributed by atoms with Crippen LogP contribution in [0.25, 0.3) is 0 Å². The van der Waals surface area contributed by atoms with Crippen molar-refractivity contribution in [2.45, 2.75) is 0 Å². The van der Waals surface area contributed by atoms with Crippen LogP contribution in [0.3, 0.4) is 0 Å². The van der Waals surface area contributed by atoms with Crippen LogP contribution in [0, 0.1) is 0 Å². The molecule has 0 aromatic carbocycles. The Morgan fingerprint density at radius 3 is 0.808 bits per heavy atom. The fraction of sp³-hybridized carbons (Fsp3) is 0.500. The maximum absolute atomic E-state index is 5.72. The lowest BCUT2D eigenvalue weighted by atomic mass is 10.4. The van der Waals surface area contributed by atoms with E-state index < -0.39 is 0 Å². The van der Waals surface area contributed by atoms with Crippen molar-refractivity contribution in [3.8, 4) is 0 Å². The van der Waals surface area contributed by atoms with Gasteiger partial charge in [-0.2, -0.15) is 47.0 Å². The first kappa shape index (κ1) is 26.7. The SMILES string of the molecule is C=C(CCl)CSCC(=C)CSCC(=C)CSCC(=C)CSCC(=C)CCl. The summed E-state index contributed by atoms with van der Waals surface area (Å²) < 4.78 is 0. The Kier molecular flexibility index (Phi) is 18.2. The first-order valence-electron chi connectivity index (χ1n) is 8.15. The van der Waals surface area contributed by atoms with Gasteiger partial charge in [0.25, 0.3) is 0 Å². The van der Waals surface area contributed by atoms with Gasteiger partial charge in [0.1, 0.15) is 0 Å². The van der Waals surface area contributed by atoms with Crippen LogP contribution in [-0.2, 0) is 0 Å². The molecule has 0 bridgehead atoms.